The maximum Gasteiger partial charge on any atom is 0.237 e. The Balaban J connectivity index is 1.56. The highest BCUT2D eigenvalue weighted by Gasteiger charge is 2.48. The van der Waals surface area contributed by atoms with E-state index in [2.05, 4.69) is 10.6 Å². The predicted octanol–water partition coefficient (Wildman–Crippen LogP) is 0.751. The molecular formula is C23H42N2O6S. The SMILES string of the molecule is CSC1OC(C(NC(=O)C2CC(CCC3CCCCC3)CCN2)C(C)O)C(O)C(O)C1O. The van der Waals surface area contributed by atoms with Gasteiger partial charge in [0.2, 0.25) is 5.91 Å². The first-order chi connectivity index (χ1) is 15.3. The van der Waals surface area contributed by atoms with E-state index in [0.29, 0.717) is 5.92 Å². The average molecular weight is 475 g/mol. The van der Waals surface area contributed by atoms with Gasteiger partial charge >= 0.3 is 0 Å². The number of hydrogen-bond acceptors (Lipinski definition) is 8. The smallest absolute Gasteiger partial charge is 0.237 e. The quantitative estimate of drug-likeness (QED) is 0.304. The lowest BCUT2D eigenvalue weighted by atomic mass is 9.81. The summed E-state index contributed by atoms with van der Waals surface area (Å²) in [4.78, 5) is 13.1. The minimum absolute atomic E-state index is 0.227. The fourth-order valence-corrected chi connectivity index (χ4v) is 6.19. The zero-order valence-corrected chi connectivity index (χ0v) is 20.2. The number of carbonyl (C=O) groups is 1. The van der Waals surface area contributed by atoms with Gasteiger partial charge in [-0.2, -0.15) is 0 Å². The Morgan fingerprint density at radius 1 is 1.06 bits per heavy atom. The first-order valence-corrected chi connectivity index (χ1v) is 13.5. The minimum Gasteiger partial charge on any atom is -0.391 e. The van der Waals surface area contributed by atoms with Crippen molar-refractivity contribution in [3.8, 4) is 0 Å². The van der Waals surface area contributed by atoms with Gasteiger partial charge in [-0.3, -0.25) is 4.79 Å². The van der Waals surface area contributed by atoms with E-state index in [1.165, 1.54) is 57.2 Å². The Morgan fingerprint density at radius 3 is 2.41 bits per heavy atom. The number of ether oxygens (including phenoxy) is 1. The van der Waals surface area contributed by atoms with Crippen molar-refractivity contribution in [1.82, 2.24) is 10.6 Å². The first kappa shape index (κ1) is 26.2. The molecule has 8 nitrogen and oxygen atoms in total. The van der Waals surface area contributed by atoms with Crippen LogP contribution in [0.3, 0.4) is 0 Å². The molecule has 0 aromatic rings. The summed E-state index contributed by atoms with van der Waals surface area (Å²) < 4.78 is 5.78. The van der Waals surface area contributed by atoms with E-state index < -0.39 is 42.0 Å². The van der Waals surface area contributed by atoms with Crippen LogP contribution >= 0.6 is 11.8 Å². The Kier molecular flexibility index (Phi) is 10.1. The van der Waals surface area contributed by atoms with E-state index in [1.54, 1.807) is 6.26 Å². The number of piperidine rings is 1. The second-order valence-corrected chi connectivity index (χ2v) is 10.9. The van der Waals surface area contributed by atoms with Crippen LogP contribution in [-0.4, -0.2) is 87.2 Å². The summed E-state index contributed by atoms with van der Waals surface area (Å²) in [5, 5.41) is 47.3. The number of carbonyl (C=O) groups excluding carboxylic acids is 1. The van der Waals surface area contributed by atoms with Crippen molar-refractivity contribution in [2.45, 2.75) is 113 Å². The molecule has 9 atom stereocenters. The molecule has 6 N–H and O–H groups in total. The Bertz CT molecular complexity index is 589. The molecule has 9 heteroatoms. The summed E-state index contributed by atoms with van der Waals surface area (Å²) in [5.74, 6) is 1.12. The molecule has 32 heavy (non-hydrogen) atoms. The molecule has 1 aliphatic carbocycles. The molecule has 186 valence electrons. The van der Waals surface area contributed by atoms with E-state index in [9.17, 15) is 25.2 Å². The van der Waals surface area contributed by atoms with Crippen molar-refractivity contribution in [3.63, 3.8) is 0 Å². The molecule has 0 radical (unpaired) electrons. The van der Waals surface area contributed by atoms with E-state index in [4.69, 9.17) is 4.74 Å². The average Bonchev–Trinajstić information content (AvgIpc) is 2.81. The fourth-order valence-electron chi connectivity index (χ4n) is 5.51. The van der Waals surface area contributed by atoms with Crippen molar-refractivity contribution < 1.29 is 30.0 Å². The molecule has 0 aromatic heterocycles. The van der Waals surface area contributed by atoms with Crippen molar-refractivity contribution in [2.75, 3.05) is 12.8 Å². The number of aliphatic hydroxyl groups excluding tert-OH is 4. The zero-order valence-electron chi connectivity index (χ0n) is 19.4. The van der Waals surface area contributed by atoms with Crippen LogP contribution in [0, 0.1) is 11.8 Å². The molecule has 3 aliphatic rings. The van der Waals surface area contributed by atoms with E-state index in [1.807, 2.05) is 0 Å². The second-order valence-electron chi connectivity index (χ2n) is 9.93. The summed E-state index contributed by atoms with van der Waals surface area (Å²) in [6.07, 6.45) is 6.58. The van der Waals surface area contributed by atoms with Crippen molar-refractivity contribution >= 4 is 17.7 Å². The highest BCUT2D eigenvalue weighted by atomic mass is 32.2. The van der Waals surface area contributed by atoms with Crippen molar-refractivity contribution in [1.29, 1.82) is 0 Å². The van der Waals surface area contributed by atoms with Gasteiger partial charge in [0, 0.05) is 0 Å². The monoisotopic (exact) mass is 474 g/mol. The molecule has 0 spiro atoms. The van der Waals surface area contributed by atoms with Gasteiger partial charge in [0.15, 0.2) is 0 Å². The normalized spacial score (nSPS) is 38.8. The number of thioether (sulfide) groups is 1. The van der Waals surface area contributed by atoms with E-state index in [0.717, 1.165) is 31.7 Å². The standard InChI is InChI=1S/C23H42N2O6S/c1-13(26)17(21-19(28)18(27)20(29)23(31-21)32-2)25-22(30)16-12-15(10-11-24-16)9-8-14-6-4-3-5-7-14/h13-21,23-24,26-29H,3-12H2,1-2H3,(H,25,30). The molecule has 3 fully saturated rings. The number of aliphatic hydroxyl groups is 4. The maximum absolute atomic E-state index is 13.1. The molecule has 2 heterocycles. The summed E-state index contributed by atoms with van der Waals surface area (Å²) >= 11 is 1.21. The maximum atomic E-state index is 13.1. The van der Waals surface area contributed by atoms with Crippen LogP contribution in [0.25, 0.3) is 0 Å². The molecule has 3 rings (SSSR count). The van der Waals surface area contributed by atoms with Gasteiger partial charge in [0.05, 0.1) is 18.2 Å². The zero-order chi connectivity index (χ0) is 23.3. The Labute approximate surface area is 195 Å². The Hall–Kier alpha value is -0.420. The fraction of sp³-hybridized carbons (Fsp3) is 0.957. The minimum atomic E-state index is -1.42. The second kappa shape index (κ2) is 12.3. The van der Waals surface area contributed by atoms with Gasteiger partial charge in [0.25, 0.3) is 0 Å². The van der Waals surface area contributed by atoms with Gasteiger partial charge in [-0.25, -0.2) is 0 Å². The molecule has 0 aromatic carbocycles. The van der Waals surface area contributed by atoms with Gasteiger partial charge in [-0.15, -0.1) is 11.8 Å². The molecule has 9 unspecified atom stereocenters. The van der Waals surface area contributed by atoms with Gasteiger partial charge < -0.3 is 35.8 Å². The van der Waals surface area contributed by atoms with Crippen LogP contribution in [-0.2, 0) is 9.53 Å². The number of rotatable bonds is 8. The summed E-state index contributed by atoms with van der Waals surface area (Å²) in [7, 11) is 0. The van der Waals surface area contributed by atoms with Crippen LogP contribution in [0.4, 0.5) is 0 Å². The summed E-state index contributed by atoms with van der Waals surface area (Å²) in [6, 6.07) is -1.26. The summed E-state index contributed by atoms with van der Waals surface area (Å²) in [5.41, 5.74) is -0.756. The summed E-state index contributed by atoms with van der Waals surface area (Å²) in [6.45, 7) is 2.31. The number of hydrogen-bond donors (Lipinski definition) is 6. The predicted molar refractivity (Wildman–Crippen MR) is 124 cm³/mol. The lowest BCUT2D eigenvalue weighted by Gasteiger charge is -2.44. The van der Waals surface area contributed by atoms with Crippen molar-refractivity contribution in [3.05, 3.63) is 0 Å². The lowest BCUT2D eigenvalue weighted by Crippen LogP contribution is -2.66. The first-order valence-electron chi connectivity index (χ1n) is 12.3. The van der Waals surface area contributed by atoms with Gasteiger partial charge in [-0.1, -0.05) is 44.9 Å². The Morgan fingerprint density at radius 2 is 1.75 bits per heavy atom. The molecule has 0 bridgehead atoms. The number of nitrogens with one attached hydrogen (secondary N) is 2. The van der Waals surface area contributed by atoms with E-state index in [-0.39, 0.29) is 11.9 Å². The molecule has 2 aliphatic heterocycles. The number of amides is 1. The van der Waals surface area contributed by atoms with Gasteiger partial charge in [0.1, 0.15) is 29.9 Å². The highest BCUT2D eigenvalue weighted by molar-refractivity contribution is 7.99. The third-order valence-electron chi connectivity index (χ3n) is 7.56. The third kappa shape index (κ3) is 6.58. The van der Waals surface area contributed by atoms with Crippen LogP contribution in [0.2, 0.25) is 0 Å². The third-order valence-corrected chi connectivity index (χ3v) is 8.41. The molecule has 2 saturated heterocycles. The van der Waals surface area contributed by atoms with Crippen LogP contribution in [0.1, 0.15) is 64.7 Å². The van der Waals surface area contributed by atoms with Crippen molar-refractivity contribution in [2.24, 2.45) is 11.8 Å². The molecule has 1 amide bonds. The largest absolute Gasteiger partial charge is 0.391 e. The van der Waals surface area contributed by atoms with Crippen LogP contribution in [0.15, 0.2) is 0 Å². The highest BCUT2D eigenvalue weighted by Crippen LogP contribution is 2.32. The topological polar surface area (TPSA) is 131 Å². The van der Waals surface area contributed by atoms with Crippen LogP contribution in [0.5, 0.6) is 0 Å². The molecular weight excluding hydrogens is 432 g/mol. The lowest BCUT2D eigenvalue weighted by molar-refractivity contribution is -0.211. The van der Waals surface area contributed by atoms with Gasteiger partial charge in [-0.05, 0) is 44.4 Å². The molecule has 1 saturated carbocycles. The van der Waals surface area contributed by atoms with Crippen LogP contribution < -0.4 is 10.6 Å². The van der Waals surface area contributed by atoms with E-state index >= 15 is 0 Å².